The van der Waals surface area contributed by atoms with Gasteiger partial charge in [0.2, 0.25) is 5.97 Å². The Hall–Kier alpha value is -0.990. The first-order chi connectivity index (χ1) is 6.49. The van der Waals surface area contributed by atoms with E-state index in [0.717, 1.165) is 12.8 Å². The van der Waals surface area contributed by atoms with Crippen molar-refractivity contribution in [1.82, 2.24) is 0 Å². The Labute approximate surface area is 84.2 Å². The van der Waals surface area contributed by atoms with E-state index < -0.39 is 11.8 Å². The molecule has 0 N–H and O–H groups in total. The number of nitrogens with zero attached hydrogens (tertiary/aromatic N) is 1. The lowest BCUT2D eigenvalue weighted by Crippen LogP contribution is -1.92. The molecule has 0 aromatic heterocycles. The number of unbranched alkanes of at least 4 members (excludes halogenated alkanes) is 1. The van der Waals surface area contributed by atoms with Crippen molar-refractivity contribution in [2.75, 3.05) is 0 Å². The molecule has 0 atom stereocenters. The van der Waals surface area contributed by atoms with Crippen molar-refractivity contribution in [1.29, 1.82) is 0 Å². The van der Waals surface area contributed by atoms with E-state index in [-0.39, 0.29) is 5.70 Å². The van der Waals surface area contributed by atoms with E-state index in [9.17, 15) is 8.78 Å². The molecule has 0 unspecified atom stereocenters. The molecule has 0 bridgehead atoms. The molecule has 1 nitrogen and oxygen atoms in total. The van der Waals surface area contributed by atoms with Crippen molar-refractivity contribution < 1.29 is 8.78 Å². The van der Waals surface area contributed by atoms with E-state index in [1.165, 1.54) is 13.8 Å². The fourth-order valence-electron chi connectivity index (χ4n) is 0.758. The Kier molecular flexibility index (Phi) is 6.00. The second kappa shape index (κ2) is 6.46. The smallest absolute Gasteiger partial charge is 0.215 e. The molecular formula is C11H17F2N. The van der Waals surface area contributed by atoms with Gasteiger partial charge in [-0.05, 0) is 27.2 Å². The lowest BCUT2D eigenvalue weighted by atomic mass is 10.2. The zero-order valence-electron chi connectivity index (χ0n) is 9.19. The van der Waals surface area contributed by atoms with Crippen molar-refractivity contribution >= 4 is 5.97 Å². The van der Waals surface area contributed by atoms with Crippen LogP contribution in [-0.2, 0) is 0 Å². The van der Waals surface area contributed by atoms with Crippen molar-refractivity contribution in [2.24, 2.45) is 4.99 Å². The van der Waals surface area contributed by atoms with Crippen molar-refractivity contribution in [2.45, 2.75) is 40.5 Å². The van der Waals surface area contributed by atoms with Gasteiger partial charge in [-0.25, -0.2) is 9.38 Å². The van der Waals surface area contributed by atoms with Gasteiger partial charge in [-0.3, -0.25) is 0 Å². The summed E-state index contributed by atoms with van der Waals surface area (Å²) in [7, 11) is 0. The van der Waals surface area contributed by atoms with Crippen LogP contribution in [0.4, 0.5) is 8.78 Å². The first kappa shape index (κ1) is 13.0. The van der Waals surface area contributed by atoms with E-state index in [1.807, 2.05) is 6.92 Å². The third kappa shape index (κ3) is 4.90. The highest BCUT2D eigenvalue weighted by molar-refractivity contribution is 5.92. The molecule has 0 fully saturated rings. The number of halogens is 2. The van der Waals surface area contributed by atoms with Gasteiger partial charge in [0.1, 0.15) is 5.83 Å². The molecule has 80 valence electrons. The Morgan fingerprint density at radius 3 is 2.21 bits per heavy atom. The van der Waals surface area contributed by atoms with Crippen molar-refractivity contribution in [3.05, 3.63) is 23.2 Å². The Bertz CT molecular complexity index is 271. The maximum absolute atomic E-state index is 13.2. The number of aliphatic imine (C=N–C) groups is 1. The van der Waals surface area contributed by atoms with E-state index >= 15 is 0 Å². The fourth-order valence-corrected chi connectivity index (χ4v) is 0.758. The zero-order valence-corrected chi connectivity index (χ0v) is 9.19. The van der Waals surface area contributed by atoms with E-state index in [2.05, 4.69) is 4.99 Å². The van der Waals surface area contributed by atoms with Gasteiger partial charge in [0.15, 0.2) is 0 Å². The van der Waals surface area contributed by atoms with Gasteiger partial charge < -0.3 is 0 Å². The molecule has 0 aliphatic carbocycles. The van der Waals surface area contributed by atoms with Crippen LogP contribution in [0.5, 0.6) is 0 Å². The molecule has 0 spiro atoms. The lowest BCUT2D eigenvalue weighted by Gasteiger charge is -1.97. The fraction of sp³-hybridized carbons (Fsp3) is 0.545. The third-order valence-electron chi connectivity index (χ3n) is 1.83. The largest absolute Gasteiger partial charge is 0.222 e. The van der Waals surface area contributed by atoms with Gasteiger partial charge in [-0.1, -0.05) is 19.4 Å². The first-order valence-corrected chi connectivity index (χ1v) is 4.73. The highest BCUT2D eigenvalue weighted by Crippen LogP contribution is 2.10. The van der Waals surface area contributed by atoms with Crippen LogP contribution in [0.2, 0.25) is 0 Å². The number of rotatable bonds is 4. The number of allylic oxidation sites excluding steroid dienone is 4. The highest BCUT2D eigenvalue weighted by Gasteiger charge is 2.01. The van der Waals surface area contributed by atoms with Crippen molar-refractivity contribution in [3.63, 3.8) is 0 Å². The van der Waals surface area contributed by atoms with Gasteiger partial charge >= 0.3 is 0 Å². The molecule has 0 aliphatic heterocycles. The number of hydrogen-bond donors (Lipinski definition) is 0. The molecule has 0 aliphatic rings. The molecule has 3 heteroatoms. The summed E-state index contributed by atoms with van der Waals surface area (Å²) in [5.41, 5.74) is 0.555. The minimum absolute atomic E-state index is 0.0896. The van der Waals surface area contributed by atoms with E-state index in [1.54, 1.807) is 13.0 Å². The maximum Gasteiger partial charge on any atom is 0.215 e. The summed E-state index contributed by atoms with van der Waals surface area (Å²) in [6.07, 6.45) is 3.54. The Morgan fingerprint density at radius 2 is 1.79 bits per heavy atom. The predicted octanol–water partition coefficient (Wildman–Crippen LogP) is 4.32. The Balaban J connectivity index is 4.61. The molecule has 0 saturated heterocycles. The third-order valence-corrected chi connectivity index (χ3v) is 1.83. The van der Waals surface area contributed by atoms with Gasteiger partial charge in [0.25, 0.3) is 0 Å². The monoisotopic (exact) mass is 201 g/mol. The summed E-state index contributed by atoms with van der Waals surface area (Å²) in [5.74, 6) is -1.06. The summed E-state index contributed by atoms with van der Waals surface area (Å²) >= 11 is 0. The van der Waals surface area contributed by atoms with Crippen molar-refractivity contribution in [3.8, 4) is 0 Å². The van der Waals surface area contributed by atoms with Crippen LogP contribution in [0.3, 0.4) is 0 Å². The van der Waals surface area contributed by atoms with Gasteiger partial charge in [0, 0.05) is 5.57 Å². The summed E-state index contributed by atoms with van der Waals surface area (Å²) in [4.78, 5) is 3.52. The molecule has 0 radical (unpaired) electrons. The van der Waals surface area contributed by atoms with Gasteiger partial charge in [-0.2, -0.15) is 4.39 Å². The summed E-state index contributed by atoms with van der Waals surface area (Å²) in [6, 6.07) is 0. The SMILES string of the molecule is CCC/C=C(C)/C(F)=N/C(C)=C(\C)F. The van der Waals surface area contributed by atoms with Crippen LogP contribution < -0.4 is 0 Å². The summed E-state index contributed by atoms with van der Waals surface area (Å²) in [5, 5.41) is 0. The first-order valence-electron chi connectivity index (χ1n) is 4.73. The van der Waals surface area contributed by atoms with Crippen LogP contribution in [0.1, 0.15) is 40.5 Å². The molecular weight excluding hydrogens is 184 g/mol. The lowest BCUT2D eigenvalue weighted by molar-refractivity contribution is 0.624. The molecule has 0 amide bonds. The molecule has 0 aromatic carbocycles. The normalized spacial score (nSPS) is 15.6. The average Bonchev–Trinajstić information content (AvgIpc) is 2.13. The quantitative estimate of drug-likeness (QED) is 0.600. The summed E-state index contributed by atoms with van der Waals surface area (Å²) in [6.45, 7) is 6.35. The van der Waals surface area contributed by atoms with Gasteiger partial charge in [-0.15, -0.1) is 0 Å². The minimum atomic E-state index is -0.604. The summed E-state index contributed by atoms with van der Waals surface area (Å²) < 4.78 is 25.8. The second-order valence-corrected chi connectivity index (χ2v) is 3.20. The standard InChI is InChI=1S/C11H17F2N/c1-5-6-7-8(2)11(13)14-10(4)9(3)12/h7H,5-6H2,1-4H3/b8-7+,10-9+,14-11-. The Morgan fingerprint density at radius 1 is 1.21 bits per heavy atom. The molecule has 0 aromatic rings. The second-order valence-electron chi connectivity index (χ2n) is 3.20. The zero-order chi connectivity index (χ0) is 11.1. The molecule has 14 heavy (non-hydrogen) atoms. The number of hydrogen-bond acceptors (Lipinski definition) is 1. The maximum atomic E-state index is 13.2. The van der Waals surface area contributed by atoms with Crippen LogP contribution in [0.25, 0.3) is 0 Å². The molecule has 0 saturated carbocycles. The molecule has 0 rings (SSSR count). The molecule has 0 heterocycles. The van der Waals surface area contributed by atoms with Gasteiger partial charge in [0.05, 0.1) is 5.70 Å². The van der Waals surface area contributed by atoms with Crippen LogP contribution in [0.15, 0.2) is 28.2 Å². The minimum Gasteiger partial charge on any atom is -0.222 e. The predicted molar refractivity (Wildman–Crippen MR) is 56.7 cm³/mol. The highest BCUT2D eigenvalue weighted by atomic mass is 19.1. The topological polar surface area (TPSA) is 12.4 Å². The van der Waals surface area contributed by atoms with Crippen LogP contribution >= 0.6 is 0 Å². The average molecular weight is 201 g/mol. The van der Waals surface area contributed by atoms with E-state index in [0.29, 0.717) is 5.57 Å². The van der Waals surface area contributed by atoms with Crippen LogP contribution in [-0.4, -0.2) is 5.97 Å². The van der Waals surface area contributed by atoms with E-state index in [4.69, 9.17) is 0 Å². The van der Waals surface area contributed by atoms with Crippen LogP contribution in [0, 0.1) is 0 Å².